The standard InChI is InChI=1S/C17H26N2/c1-12-10-18-13(2)6-15(12)8-16-7-14(11-19-16)9-17(3,4)5/h10-11,15H,6-9H2,1-5H3. The van der Waals surface area contributed by atoms with Crippen LogP contribution in [0.1, 0.15) is 60.3 Å². The van der Waals surface area contributed by atoms with Crippen molar-refractivity contribution in [2.75, 3.05) is 0 Å². The summed E-state index contributed by atoms with van der Waals surface area (Å²) >= 11 is 0. The third kappa shape index (κ3) is 4.15. The van der Waals surface area contributed by atoms with Gasteiger partial charge in [-0.05, 0) is 50.0 Å². The second kappa shape index (κ2) is 5.44. The van der Waals surface area contributed by atoms with E-state index in [1.807, 2.05) is 6.20 Å². The van der Waals surface area contributed by atoms with Crippen molar-refractivity contribution in [3.05, 3.63) is 23.5 Å². The zero-order chi connectivity index (χ0) is 14.0. The van der Waals surface area contributed by atoms with Gasteiger partial charge in [-0.25, -0.2) is 0 Å². The van der Waals surface area contributed by atoms with Crippen molar-refractivity contribution in [2.45, 2.75) is 60.3 Å². The molecule has 0 aliphatic carbocycles. The Hall–Kier alpha value is -1.18. The van der Waals surface area contributed by atoms with Crippen molar-refractivity contribution >= 4 is 11.4 Å². The van der Waals surface area contributed by atoms with Crippen molar-refractivity contribution in [3.8, 4) is 0 Å². The quantitative estimate of drug-likeness (QED) is 0.686. The first kappa shape index (κ1) is 14.2. The van der Waals surface area contributed by atoms with Gasteiger partial charge in [0.25, 0.3) is 0 Å². The smallest absolute Gasteiger partial charge is 0.0263 e. The van der Waals surface area contributed by atoms with E-state index < -0.39 is 0 Å². The zero-order valence-corrected chi connectivity index (χ0v) is 13.0. The fourth-order valence-electron chi connectivity index (χ4n) is 2.86. The van der Waals surface area contributed by atoms with Gasteiger partial charge in [-0.3, -0.25) is 9.98 Å². The number of allylic oxidation sites excluding steroid dienone is 2. The fourth-order valence-corrected chi connectivity index (χ4v) is 2.86. The van der Waals surface area contributed by atoms with Crippen LogP contribution in [0, 0.1) is 11.3 Å². The molecule has 2 rings (SSSR count). The lowest BCUT2D eigenvalue weighted by Gasteiger charge is -2.21. The molecule has 0 saturated carbocycles. The van der Waals surface area contributed by atoms with E-state index in [-0.39, 0.29) is 0 Å². The Morgan fingerprint density at radius 1 is 1.16 bits per heavy atom. The van der Waals surface area contributed by atoms with Gasteiger partial charge in [-0.2, -0.15) is 0 Å². The maximum atomic E-state index is 4.64. The average Bonchev–Trinajstić information content (AvgIpc) is 2.68. The second-order valence-electron chi connectivity index (χ2n) is 7.24. The zero-order valence-electron chi connectivity index (χ0n) is 13.0. The Balaban J connectivity index is 1.88. The molecule has 1 unspecified atom stereocenters. The summed E-state index contributed by atoms with van der Waals surface area (Å²) in [5.74, 6) is 0.610. The van der Waals surface area contributed by atoms with Gasteiger partial charge < -0.3 is 0 Å². The van der Waals surface area contributed by atoms with Crippen molar-refractivity contribution in [1.82, 2.24) is 0 Å². The maximum Gasteiger partial charge on any atom is 0.0263 e. The predicted octanol–water partition coefficient (Wildman–Crippen LogP) is 4.93. The molecule has 0 aromatic rings. The fraction of sp³-hybridized carbons (Fsp3) is 0.647. The topological polar surface area (TPSA) is 24.7 Å². The molecule has 1 atom stereocenters. The van der Waals surface area contributed by atoms with Crippen LogP contribution in [0.5, 0.6) is 0 Å². The first-order valence-corrected chi connectivity index (χ1v) is 7.27. The molecular weight excluding hydrogens is 232 g/mol. The van der Waals surface area contributed by atoms with Crippen LogP contribution in [0.15, 0.2) is 33.5 Å². The third-order valence-corrected chi connectivity index (χ3v) is 3.77. The van der Waals surface area contributed by atoms with Crippen molar-refractivity contribution in [3.63, 3.8) is 0 Å². The Bertz CT molecular complexity index is 470. The van der Waals surface area contributed by atoms with Crippen LogP contribution in [0.25, 0.3) is 0 Å². The minimum absolute atomic E-state index is 0.362. The summed E-state index contributed by atoms with van der Waals surface area (Å²) in [6, 6.07) is 0. The van der Waals surface area contributed by atoms with Gasteiger partial charge in [0.1, 0.15) is 0 Å². The summed E-state index contributed by atoms with van der Waals surface area (Å²) < 4.78 is 0. The van der Waals surface area contributed by atoms with Gasteiger partial charge >= 0.3 is 0 Å². The highest BCUT2D eigenvalue weighted by molar-refractivity contribution is 5.91. The lowest BCUT2D eigenvalue weighted by atomic mass is 9.84. The number of rotatable bonds is 3. The van der Waals surface area contributed by atoms with Crippen molar-refractivity contribution in [1.29, 1.82) is 0 Å². The number of hydrogen-bond acceptors (Lipinski definition) is 2. The Labute approximate surface area is 117 Å². The second-order valence-corrected chi connectivity index (χ2v) is 7.24. The molecule has 0 radical (unpaired) electrons. The van der Waals surface area contributed by atoms with Crippen LogP contribution >= 0.6 is 0 Å². The van der Waals surface area contributed by atoms with Crippen LogP contribution < -0.4 is 0 Å². The molecule has 104 valence electrons. The van der Waals surface area contributed by atoms with Gasteiger partial charge in [0.2, 0.25) is 0 Å². The highest BCUT2D eigenvalue weighted by Crippen LogP contribution is 2.31. The lowest BCUT2D eigenvalue weighted by molar-refractivity contribution is 0.408. The first-order chi connectivity index (χ1) is 8.83. The highest BCUT2D eigenvalue weighted by Gasteiger charge is 2.22. The van der Waals surface area contributed by atoms with Crippen molar-refractivity contribution < 1.29 is 0 Å². The van der Waals surface area contributed by atoms with Gasteiger partial charge in [-0.15, -0.1) is 0 Å². The van der Waals surface area contributed by atoms with Crippen LogP contribution in [-0.4, -0.2) is 11.4 Å². The van der Waals surface area contributed by atoms with Gasteiger partial charge in [0.15, 0.2) is 0 Å². The van der Waals surface area contributed by atoms with Crippen LogP contribution in [0.3, 0.4) is 0 Å². The third-order valence-electron chi connectivity index (χ3n) is 3.77. The highest BCUT2D eigenvalue weighted by atomic mass is 14.8. The van der Waals surface area contributed by atoms with E-state index in [1.165, 1.54) is 22.6 Å². The average molecular weight is 258 g/mol. The number of nitrogens with zero attached hydrogens (tertiary/aromatic N) is 2. The van der Waals surface area contributed by atoms with Gasteiger partial charge in [-0.1, -0.05) is 26.3 Å². The van der Waals surface area contributed by atoms with Crippen LogP contribution in [0.2, 0.25) is 0 Å². The largest absolute Gasteiger partial charge is 0.266 e. The Morgan fingerprint density at radius 2 is 1.89 bits per heavy atom. The maximum absolute atomic E-state index is 4.64. The van der Waals surface area contributed by atoms with E-state index in [9.17, 15) is 0 Å². The Morgan fingerprint density at radius 3 is 2.58 bits per heavy atom. The molecule has 0 fully saturated rings. The molecule has 2 heteroatoms. The molecule has 0 amide bonds. The lowest BCUT2D eigenvalue weighted by Crippen LogP contribution is -2.15. The molecule has 2 aliphatic rings. The SMILES string of the molecule is CC1=CN=C(C)CC1CC1=NC=C(CC(C)(C)C)C1. The summed E-state index contributed by atoms with van der Waals surface area (Å²) in [5.41, 5.74) is 5.85. The summed E-state index contributed by atoms with van der Waals surface area (Å²) in [4.78, 5) is 9.04. The van der Waals surface area contributed by atoms with E-state index in [4.69, 9.17) is 0 Å². The van der Waals surface area contributed by atoms with Gasteiger partial charge in [0, 0.05) is 30.2 Å². The molecule has 0 saturated heterocycles. The molecule has 0 N–H and O–H groups in total. The molecule has 0 bridgehead atoms. The van der Waals surface area contributed by atoms with E-state index >= 15 is 0 Å². The van der Waals surface area contributed by atoms with Gasteiger partial charge in [0.05, 0.1) is 0 Å². The molecule has 0 aromatic heterocycles. The molecular formula is C17H26N2. The number of aliphatic imine (C=N–C) groups is 2. The van der Waals surface area contributed by atoms with Crippen LogP contribution in [0.4, 0.5) is 0 Å². The summed E-state index contributed by atoms with van der Waals surface area (Å²) in [6.07, 6.45) is 8.55. The van der Waals surface area contributed by atoms with Crippen molar-refractivity contribution in [2.24, 2.45) is 21.3 Å². The molecule has 19 heavy (non-hydrogen) atoms. The van der Waals surface area contributed by atoms with E-state index in [1.54, 1.807) is 0 Å². The minimum Gasteiger partial charge on any atom is -0.266 e. The van der Waals surface area contributed by atoms with Crippen LogP contribution in [-0.2, 0) is 0 Å². The summed E-state index contributed by atoms with van der Waals surface area (Å²) in [7, 11) is 0. The molecule has 0 aromatic carbocycles. The Kier molecular flexibility index (Phi) is 4.07. The summed E-state index contributed by atoms with van der Waals surface area (Å²) in [6.45, 7) is 11.2. The van der Waals surface area contributed by atoms with E-state index in [0.717, 1.165) is 25.7 Å². The number of hydrogen-bond donors (Lipinski definition) is 0. The molecule has 2 aliphatic heterocycles. The first-order valence-electron chi connectivity index (χ1n) is 7.27. The summed E-state index contributed by atoms with van der Waals surface area (Å²) in [5, 5.41) is 0. The molecule has 2 heterocycles. The minimum atomic E-state index is 0.362. The monoisotopic (exact) mass is 258 g/mol. The molecule has 0 spiro atoms. The van der Waals surface area contributed by atoms with E-state index in [0.29, 0.717) is 11.3 Å². The molecule has 2 nitrogen and oxygen atoms in total. The predicted molar refractivity (Wildman–Crippen MR) is 83.8 cm³/mol. The normalized spacial score (nSPS) is 23.7. The van der Waals surface area contributed by atoms with E-state index in [2.05, 4.69) is 50.8 Å².